The zero-order valence-corrected chi connectivity index (χ0v) is 17.3. The van der Waals surface area contributed by atoms with Gasteiger partial charge in [-0.3, -0.25) is 9.10 Å². The van der Waals surface area contributed by atoms with Crippen molar-refractivity contribution in [2.24, 2.45) is 0 Å². The fraction of sp³-hybridized carbons (Fsp3) is 0.381. The molecule has 2 aliphatic rings. The van der Waals surface area contributed by atoms with Crippen molar-refractivity contribution in [2.75, 3.05) is 10.8 Å². The normalized spacial score (nSPS) is 21.1. The van der Waals surface area contributed by atoms with Gasteiger partial charge in [-0.25, -0.2) is 4.72 Å². The Labute approximate surface area is 170 Å². The third-order valence-electron chi connectivity index (χ3n) is 6.05. The number of carbonyl (C=O) groups excluding carboxylic acids is 1. The number of hydrogen-bond acceptors (Lipinski definition) is 3. The molecule has 0 bridgehead atoms. The summed E-state index contributed by atoms with van der Waals surface area (Å²) in [5, 5.41) is 0.633. The standard InChI is InChI=1S/C21H23ClN2O3S/c1-2-21(13-12-16-17(21)9-5-10-18(16)22)20(25)23-28(26,27)24-14-6-8-15-7-3-4-11-19(15)24/h3-5,7,9-11H,2,6,8,12-14H2,1H3,(H,23,25). The largest absolute Gasteiger partial charge is 0.326 e. The molecular formula is C21H23ClN2O3S. The van der Waals surface area contributed by atoms with Crippen molar-refractivity contribution in [3.63, 3.8) is 0 Å². The highest BCUT2D eigenvalue weighted by Crippen LogP contribution is 2.44. The van der Waals surface area contributed by atoms with Crippen LogP contribution in [0, 0.1) is 0 Å². The van der Waals surface area contributed by atoms with E-state index in [1.807, 2.05) is 43.3 Å². The van der Waals surface area contributed by atoms with Crippen LogP contribution in [0.3, 0.4) is 0 Å². The fourth-order valence-corrected chi connectivity index (χ4v) is 6.13. The van der Waals surface area contributed by atoms with E-state index >= 15 is 0 Å². The molecule has 1 aliphatic heterocycles. The van der Waals surface area contributed by atoms with Crippen molar-refractivity contribution in [3.8, 4) is 0 Å². The van der Waals surface area contributed by atoms with Crippen LogP contribution in [0.2, 0.25) is 5.02 Å². The third-order valence-corrected chi connectivity index (χ3v) is 7.81. The number of para-hydroxylation sites is 1. The van der Waals surface area contributed by atoms with Gasteiger partial charge in [0, 0.05) is 11.6 Å². The zero-order valence-electron chi connectivity index (χ0n) is 15.7. The maximum Gasteiger partial charge on any atom is 0.326 e. The molecule has 2 aromatic rings. The highest BCUT2D eigenvalue weighted by atomic mass is 35.5. The minimum Gasteiger partial charge on any atom is -0.273 e. The van der Waals surface area contributed by atoms with Crippen LogP contribution < -0.4 is 9.03 Å². The summed E-state index contributed by atoms with van der Waals surface area (Å²) >= 11 is 6.31. The molecule has 1 aliphatic carbocycles. The average Bonchev–Trinajstić information content (AvgIpc) is 3.08. The van der Waals surface area contributed by atoms with Gasteiger partial charge in [-0.15, -0.1) is 0 Å². The molecule has 0 saturated carbocycles. The number of anilines is 1. The number of amides is 1. The number of nitrogens with zero attached hydrogens (tertiary/aromatic N) is 1. The molecule has 0 saturated heterocycles. The van der Waals surface area contributed by atoms with E-state index < -0.39 is 21.5 Å². The van der Waals surface area contributed by atoms with E-state index in [-0.39, 0.29) is 0 Å². The monoisotopic (exact) mass is 418 g/mol. The second-order valence-corrected chi connectivity index (χ2v) is 9.44. The van der Waals surface area contributed by atoms with Gasteiger partial charge in [-0.05, 0) is 60.9 Å². The first kappa shape index (κ1) is 19.3. The first-order chi connectivity index (χ1) is 13.4. The Bertz CT molecular complexity index is 1040. The van der Waals surface area contributed by atoms with E-state index in [1.165, 1.54) is 4.31 Å². The van der Waals surface area contributed by atoms with Crippen LogP contribution in [-0.2, 0) is 33.3 Å². The van der Waals surface area contributed by atoms with Gasteiger partial charge in [0.1, 0.15) is 0 Å². The molecule has 0 fully saturated rings. The summed E-state index contributed by atoms with van der Waals surface area (Å²) < 4.78 is 29.9. The van der Waals surface area contributed by atoms with Gasteiger partial charge in [0.2, 0.25) is 5.91 Å². The molecule has 5 nitrogen and oxygen atoms in total. The number of hydrogen-bond donors (Lipinski definition) is 1. The molecule has 0 radical (unpaired) electrons. The molecule has 0 spiro atoms. The van der Waals surface area contributed by atoms with E-state index in [1.54, 1.807) is 6.07 Å². The Kier molecular flexibility index (Phi) is 4.88. The van der Waals surface area contributed by atoms with Crippen molar-refractivity contribution in [1.29, 1.82) is 0 Å². The predicted octanol–water partition coefficient (Wildman–Crippen LogP) is 3.75. The first-order valence-electron chi connectivity index (χ1n) is 9.60. The van der Waals surface area contributed by atoms with Gasteiger partial charge in [-0.1, -0.05) is 48.9 Å². The summed E-state index contributed by atoms with van der Waals surface area (Å²) in [6.45, 7) is 2.28. The van der Waals surface area contributed by atoms with Crippen molar-refractivity contribution in [2.45, 2.75) is 44.4 Å². The number of carbonyl (C=O) groups is 1. The molecule has 1 N–H and O–H groups in total. The Balaban J connectivity index is 1.67. The number of nitrogens with one attached hydrogen (secondary N) is 1. The first-order valence-corrected chi connectivity index (χ1v) is 11.4. The summed E-state index contributed by atoms with van der Waals surface area (Å²) in [4.78, 5) is 13.3. The molecular weight excluding hydrogens is 396 g/mol. The number of fused-ring (bicyclic) bond motifs is 2. The highest BCUT2D eigenvalue weighted by Gasteiger charge is 2.46. The van der Waals surface area contributed by atoms with Crippen molar-refractivity contribution < 1.29 is 13.2 Å². The zero-order chi connectivity index (χ0) is 19.9. The van der Waals surface area contributed by atoms with Crippen LogP contribution in [0.25, 0.3) is 0 Å². The molecule has 1 atom stereocenters. The Morgan fingerprint density at radius 2 is 1.96 bits per heavy atom. The van der Waals surface area contributed by atoms with Gasteiger partial charge in [0.05, 0.1) is 11.1 Å². The minimum absolute atomic E-state index is 0.362. The van der Waals surface area contributed by atoms with Crippen LogP contribution in [0.4, 0.5) is 5.69 Å². The minimum atomic E-state index is -3.99. The summed E-state index contributed by atoms with van der Waals surface area (Å²) in [6, 6.07) is 13.0. The highest BCUT2D eigenvalue weighted by molar-refractivity contribution is 7.91. The molecule has 4 rings (SSSR count). The van der Waals surface area contributed by atoms with Gasteiger partial charge in [-0.2, -0.15) is 8.42 Å². The summed E-state index contributed by atoms with van der Waals surface area (Å²) in [6.07, 6.45) is 3.30. The summed E-state index contributed by atoms with van der Waals surface area (Å²) in [7, 11) is -3.99. The molecule has 148 valence electrons. The SMILES string of the molecule is CCC1(C(=O)NS(=O)(=O)N2CCCc3ccccc32)CCc2c(Cl)cccc21. The van der Waals surface area contributed by atoms with E-state index in [9.17, 15) is 13.2 Å². The molecule has 1 heterocycles. The second-order valence-electron chi connectivity index (χ2n) is 7.44. The lowest BCUT2D eigenvalue weighted by Gasteiger charge is -2.33. The number of rotatable bonds is 4. The number of benzene rings is 2. The maximum absolute atomic E-state index is 13.3. The van der Waals surface area contributed by atoms with Crippen LogP contribution in [0.1, 0.15) is 42.9 Å². The molecule has 1 unspecified atom stereocenters. The van der Waals surface area contributed by atoms with Crippen molar-refractivity contribution in [3.05, 3.63) is 64.2 Å². The number of halogens is 1. The van der Waals surface area contributed by atoms with E-state index in [2.05, 4.69) is 4.72 Å². The van der Waals surface area contributed by atoms with Crippen LogP contribution in [0.5, 0.6) is 0 Å². The quantitative estimate of drug-likeness (QED) is 0.822. The smallest absolute Gasteiger partial charge is 0.273 e. The van der Waals surface area contributed by atoms with Gasteiger partial charge in [0.15, 0.2) is 0 Å². The second kappa shape index (κ2) is 7.08. The van der Waals surface area contributed by atoms with E-state index in [0.29, 0.717) is 36.5 Å². The van der Waals surface area contributed by atoms with Crippen LogP contribution >= 0.6 is 11.6 Å². The molecule has 28 heavy (non-hydrogen) atoms. The van der Waals surface area contributed by atoms with Crippen LogP contribution in [-0.4, -0.2) is 20.9 Å². The van der Waals surface area contributed by atoms with Gasteiger partial charge < -0.3 is 0 Å². The lowest BCUT2D eigenvalue weighted by Crippen LogP contribution is -2.51. The lowest BCUT2D eigenvalue weighted by molar-refractivity contribution is -0.125. The van der Waals surface area contributed by atoms with Crippen molar-refractivity contribution in [1.82, 2.24) is 4.72 Å². The van der Waals surface area contributed by atoms with Crippen molar-refractivity contribution >= 4 is 33.4 Å². The van der Waals surface area contributed by atoms with Gasteiger partial charge in [0.25, 0.3) is 0 Å². The summed E-state index contributed by atoms with van der Waals surface area (Å²) in [5.41, 5.74) is 2.54. The average molecular weight is 419 g/mol. The van der Waals surface area contributed by atoms with E-state index in [0.717, 1.165) is 29.5 Å². The molecule has 0 aromatic heterocycles. The number of aryl methyl sites for hydroxylation is 1. The topological polar surface area (TPSA) is 66.5 Å². The Hall–Kier alpha value is -2.05. The summed E-state index contributed by atoms with van der Waals surface area (Å²) in [5.74, 6) is -0.473. The Morgan fingerprint density at radius 3 is 2.75 bits per heavy atom. The molecule has 2 aromatic carbocycles. The molecule has 7 heteroatoms. The van der Waals surface area contributed by atoms with Gasteiger partial charge >= 0.3 is 10.2 Å². The third kappa shape index (κ3) is 2.99. The molecule has 1 amide bonds. The maximum atomic E-state index is 13.3. The van der Waals surface area contributed by atoms with E-state index in [4.69, 9.17) is 11.6 Å². The Morgan fingerprint density at radius 1 is 1.18 bits per heavy atom. The fourth-order valence-electron chi connectivity index (χ4n) is 4.52. The predicted molar refractivity (Wildman–Crippen MR) is 111 cm³/mol. The lowest BCUT2D eigenvalue weighted by atomic mass is 9.79. The van der Waals surface area contributed by atoms with Crippen LogP contribution in [0.15, 0.2) is 42.5 Å².